The average molecular weight is 134 g/mol. The Morgan fingerprint density at radius 3 is 2.20 bits per heavy atom. The summed E-state index contributed by atoms with van der Waals surface area (Å²) in [5.41, 5.74) is 0. The molecule has 0 amide bonds. The fraction of sp³-hybridized carbons (Fsp3) is 0.500. The van der Waals surface area contributed by atoms with Crippen molar-refractivity contribution in [1.82, 2.24) is 0 Å². The van der Waals surface area contributed by atoms with Gasteiger partial charge in [-0.05, 0) is 15.9 Å². The van der Waals surface area contributed by atoms with Gasteiger partial charge in [0.2, 0.25) is 7.28 Å². The topological polar surface area (TPSA) is 17.1 Å². The molecule has 0 unspecified atom stereocenters. The van der Waals surface area contributed by atoms with E-state index in [1.165, 1.54) is 7.28 Å². The summed E-state index contributed by atoms with van der Waals surface area (Å²) < 4.78 is -0.0579. The van der Waals surface area contributed by atoms with Crippen LogP contribution in [0.5, 0.6) is 0 Å². The molecule has 0 atom stereocenters. The van der Waals surface area contributed by atoms with Crippen molar-refractivity contribution >= 4 is 27.8 Å². The Hall–Kier alpha value is 0.215. The van der Waals surface area contributed by atoms with E-state index < -0.39 is 0 Å². The van der Waals surface area contributed by atoms with E-state index in [0.29, 0.717) is 0 Å². The lowest BCUT2D eigenvalue weighted by molar-refractivity contribution is 0.276. The van der Waals surface area contributed by atoms with Crippen molar-refractivity contribution in [2.75, 3.05) is 0 Å². The van der Waals surface area contributed by atoms with Crippen LogP contribution >= 0.6 is 15.9 Å². The van der Waals surface area contributed by atoms with Gasteiger partial charge in [0.25, 0.3) is 0 Å². The van der Waals surface area contributed by atoms with E-state index >= 15 is 0 Å². The van der Waals surface area contributed by atoms with Gasteiger partial charge in [0.15, 0.2) is 0 Å². The number of halogens is 1. The molecule has 0 heterocycles. The van der Waals surface area contributed by atoms with Crippen LogP contribution in [0.3, 0.4) is 0 Å². The Kier molecular flexibility index (Phi) is 2.56. The third kappa shape index (κ3) is 4.21. The first-order valence-corrected chi connectivity index (χ1v) is 2.05. The van der Waals surface area contributed by atoms with E-state index in [1.807, 2.05) is 0 Å². The molecule has 0 fully saturated rings. The molecule has 0 saturated carbocycles. The number of carbonyl (C=O) groups is 1. The lowest BCUT2D eigenvalue weighted by atomic mass is 9.86. The van der Waals surface area contributed by atoms with E-state index in [2.05, 4.69) is 15.9 Å². The second kappa shape index (κ2) is 2.45. The lowest BCUT2D eigenvalue weighted by Gasteiger charge is -1.65. The standard InChI is InChI=1S/C2H3BBrO/c1-3-2(4)5/h1H3. The van der Waals surface area contributed by atoms with Crippen molar-refractivity contribution in [3.63, 3.8) is 0 Å². The molecule has 5 heavy (non-hydrogen) atoms. The molecule has 0 aliphatic heterocycles. The van der Waals surface area contributed by atoms with Crippen LogP contribution in [-0.2, 0) is 0 Å². The Balaban J connectivity index is 2.85. The van der Waals surface area contributed by atoms with Crippen LogP contribution in [0.15, 0.2) is 0 Å². The molecule has 0 aliphatic carbocycles. The monoisotopic (exact) mass is 133 g/mol. The van der Waals surface area contributed by atoms with Gasteiger partial charge in [-0.2, -0.15) is 0 Å². The van der Waals surface area contributed by atoms with Gasteiger partial charge in [0, 0.05) is 0 Å². The second-order valence-electron chi connectivity index (χ2n) is 0.593. The predicted molar refractivity (Wildman–Crippen MR) is 25.9 cm³/mol. The molecule has 0 aromatic carbocycles. The summed E-state index contributed by atoms with van der Waals surface area (Å²) in [4.78, 5) is 9.67. The maximum atomic E-state index is 9.67. The van der Waals surface area contributed by atoms with Crippen LogP contribution in [0.25, 0.3) is 0 Å². The van der Waals surface area contributed by atoms with Gasteiger partial charge < -0.3 is 0 Å². The normalized spacial score (nSPS) is 6.80. The van der Waals surface area contributed by atoms with Crippen molar-refractivity contribution < 1.29 is 4.79 Å². The van der Waals surface area contributed by atoms with E-state index in [1.54, 1.807) is 6.82 Å². The van der Waals surface area contributed by atoms with Crippen LogP contribution in [0, 0.1) is 0 Å². The molecule has 0 aliphatic rings. The molecule has 0 bridgehead atoms. The summed E-state index contributed by atoms with van der Waals surface area (Å²) in [7, 11) is 1.44. The first-order chi connectivity index (χ1) is 2.27. The minimum absolute atomic E-state index is 0.0579. The van der Waals surface area contributed by atoms with Gasteiger partial charge in [0.1, 0.15) is 4.59 Å². The Morgan fingerprint density at radius 2 is 2.20 bits per heavy atom. The largest absolute Gasteiger partial charge is 0.299 e. The number of hydrogen-bond donors (Lipinski definition) is 0. The maximum absolute atomic E-state index is 9.67. The van der Waals surface area contributed by atoms with Gasteiger partial charge in [0.05, 0.1) is 0 Å². The zero-order valence-electron chi connectivity index (χ0n) is 2.86. The van der Waals surface area contributed by atoms with Crippen LogP contribution < -0.4 is 0 Å². The van der Waals surface area contributed by atoms with Crippen molar-refractivity contribution in [3.8, 4) is 0 Å². The Labute approximate surface area is 40.1 Å². The molecule has 0 saturated heterocycles. The highest BCUT2D eigenvalue weighted by Crippen LogP contribution is 1.80. The third-order valence-corrected chi connectivity index (χ3v) is 0.685. The zero-order chi connectivity index (χ0) is 4.28. The van der Waals surface area contributed by atoms with Crippen LogP contribution in [-0.4, -0.2) is 11.9 Å². The van der Waals surface area contributed by atoms with Gasteiger partial charge >= 0.3 is 0 Å². The molecule has 0 aromatic heterocycles. The van der Waals surface area contributed by atoms with Crippen LogP contribution in [0.2, 0.25) is 6.82 Å². The summed E-state index contributed by atoms with van der Waals surface area (Å²) in [6.45, 7) is 1.68. The number of rotatable bonds is 1. The average Bonchev–Trinajstić information content (AvgIpc) is 1.38. The van der Waals surface area contributed by atoms with Gasteiger partial charge in [-0.3, -0.25) is 4.79 Å². The molecule has 27 valence electrons. The molecular formula is C2H3BBrO. The highest BCUT2D eigenvalue weighted by molar-refractivity contribution is 9.19. The fourth-order valence-corrected chi connectivity index (χ4v) is 0. The predicted octanol–water partition coefficient (Wildman–Crippen LogP) is 1.25. The van der Waals surface area contributed by atoms with E-state index in [4.69, 9.17) is 0 Å². The molecule has 0 aromatic rings. The summed E-state index contributed by atoms with van der Waals surface area (Å²) >= 11 is 2.68. The molecule has 0 N–H and O–H groups in total. The highest BCUT2D eigenvalue weighted by Gasteiger charge is 1.83. The summed E-state index contributed by atoms with van der Waals surface area (Å²) in [5.74, 6) is 0. The quantitative estimate of drug-likeness (QED) is 0.389. The first-order valence-electron chi connectivity index (χ1n) is 1.26. The minimum atomic E-state index is -0.0579. The summed E-state index contributed by atoms with van der Waals surface area (Å²) in [6, 6.07) is 0. The third-order valence-electron chi connectivity index (χ3n) is 0.227. The van der Waals surface area contributed by atoms with E-state index in [-0.39, 0.29) is 4.59 Å². The lowest BCUT2D eigenvalue weighted by Crippen LogP contribution is -1.86. The molecule has 1 radical (unpaired) electrons. The van der Waals surface area contributed by atoms with Crippen molar-refractivity contribution in [1.29, 1.82) is 0 Å². The van der Waals surface area contributed by atoms with E-state index in [9.17, 15) is 4.79 Å². The van der Waals surface area contributed by atoms with Crippen molar-refractivity contribution in [2.45, 2.75) is 6.82 Å². The summed E-state index contributed by atoms with van der Waals surface area (Å²) in [6.07, 6.45) is 0. The SMILES string of the molecule is C[B]C(=O)Br. The smallest absolute Gasteiger partial charge is 0.215 e. The Bertz CT molecular complexity index is 44.9. The van der Waals surface area contributed by atoms with E-state index in [0.717, 1.165) is 0 Å². The van der Waals surface area contributed by atoms with Crippen LogP contribution in [0.4, 0.5) is 4.79 Å². The van der Waals surface area contributed by atoms with Gasteiger partial charge in [-0.15, -0.1) is 0 Å². The number of hydrogen-bond acceptors (Lipinski definition) is 1. The zero-order valence-corrected chi connectivity index (χ0v) is 4.45. The minimum Gasteiger partial charge on any atom is -0.299 e. The maximum Gasteiger partial charge on any atom is 0.215 e. The van der Waals surface area contributed by atoms with Gasteiger partial charge in [-0.25, -0.2) is 0 Å². The first kappa shape index (κ1) is 5.21. The van der Waals surface area contributed by atoms with Crippen LogP contribution in [0.1, 0.15) is 0 Å². The molecule has 0 spiro atoms. The second-order valence-corrected chi connectivity index (χ2v) is 1.37. The highest BCUT2D eigenvalue weighted by atomic mass is 79.9. The van der Waals surface area contributed by atoms with Crippen molar-refractivity contribution in [3.05, 3.63) is 0 Å². The fourth-order valence-electron chi connectivity index (χ4n) is 0. The molecule has 1 nitrogen and oxygen atoms in total. The molecule has 0 rings (SSSR count). The van der Waals surface area contributed by atoms with Crippen molar-refractivity contribution in [2.24, 2.45) is 0 Å². The van der Waals surface area contributed by atoms with Gasteiger partial charge in [-0.1, -0.05) is 6.82 Å². The number of carbonyl (C=O) groups excluding carboxylic acids is 1. The molecule has 3 heteroatoms. The Morgan fingerprint density at radius 1 is 2.00 bits per heavy atom. The summed E-state index contributed by atoms with van der Waals surface area (Å²) in [5, 5.41) is 0. The molecular weight excluding hydrogens is 131 g/mol.